The summed E-state index contributed by atoms with van der Waals surface area (Å²) in [6.45, 7) is 5.96. The fourth-order valence-corrected chi connectivity index (χ4v) is 2.31. The van der Waals surface area contributed by atoms with Crippen LogP contribution in [-0.2, 0) is 0 Å². The lowest BCUT2D eigenvalue weighted by Gasteiger charge is -2.09. The van der Waals surface area contributed by atoms with Crippen LogP contribution in [0, 0.1) is 5.82 Å². The third kappa shape index (κ3) is 6.52. The third-order valence-corrected chi connectivity index (χ3v) is 3.54. The molecule has 0 fully saturated rings. The zero-order valence-electron chi connectivity index (χ0n) is 15.4. The van der Waals surface area contributed by atoms with Crippen molar-refractivity contribution in [2.75, 3.05) is 0 Å². The van der Waals surface area contributed by atoms with E-state index in [1.54, 1.807) is 24.5 Å². The minimum Gasteiger partial charge on any atom is -0.491 e. The minimum atomic E-state index is -0.233. The van der Waals surface area contributed by atoms with Crippen molar-refractivity contribution in [3.05, 3.63) is 89.9 Å². The van der Waals surface area contributed by atoms with Crippen LogP contribution in [0.15, 0.2) is 78.0 Å². The molecule has 0 saturated carbocycles. The summed E-state index contributed by atoms with van der Waals surface area (Å²) < 4.78 is 18.6. The molecular weight excluding hydrogens is 325 g/mol. The molecule has 0 saturated heterocycles. The largest absolute Gasteiger partial charge is 0.491 e. The molecule has 0 heterocycles. The summed E-state index contributed by atoms with van der Waals surface area (Å²) in [5, 5.41) is 0. The van der Waals surface area contributed by atoms with Crippen LogP contribution in [0.1, 0.15) is 31.9 Å². The van der Waals surface area contributed by atoms with E-state index in [-0.39, 0.29) is 11.9 Å². The lowest BCUT2D eigenvalue weighted by Crippen LogP contribution is -2.05. The second-order valence-corrected chi connectivity index (χ2v) is 5.96. The molecule has 0 N–H and O–H groups in total. The SMILES string of the molecule is C\C=C(/C=C\C=N\C=C\c1ccc(OC(C)C)cc1)c1ccc(F)cc1. The Bertz CT molecular complexity index is 797. The maximum absolute atomic E-state index is 13.0. The number of rotatable bonds is 7. The molecule has 0 aliphatic heterocycles. The monoisotopic (exact) mass is 349 g/mol. The predicted octanol–water partition coefficient (Wildman–Crippen LogP) is 6.31. The molecule has 3 heteroatoms. The van der Waals surface area contributed by atoms with Crippen LogP contribution in [0.5, 0.6) is 5.75 Å². The summed E-state index contributed by atoms with van der Waals surface area (Å²) in [7, 11) is 0. The average Bonchev–Trinajstić information content (AvgIpc) is 2.63. The molecule has 2 nitrogen and oxygen atoms in total. The van der Waals surface area contributed by atoms with Gasteiger partial charge in [-0.3, -0.25) is 4.99 Å². The van der Waals surface area contributed by atoms with Crippen molar-refractivity contribution in [3.63, 3.8) is 0 Å². The normalized spacial score (nSPS) is 12.7. The highest BCUT2D eigenvalue weighted by molar-refractivity contribution is 5.81. The van der Waals surface area contributed by atoms with Gasteiger partial charge in [-0.2, -0.15) is 0 Å². The third-order valence-electron chi connectivity index (χ3n) is 3.54. The summed E-state index contributed by atoms with van der Waals surface area (Å²) in [5.41, 5.74) is 3.04. The molecule has 0 amide bonds. The van der Waals surface area contributed by atoms with Gasteiger partial charge in [0.1, 0.15) is 11.6 Å². The van der Waals surface area contributed by atoms with Crippen LogP contribution in [0.3, 0.4) is 0 Å². The Kier molecular flexibility index (Phi) is 7.56. The van der Waals surface area contributed by atoms with Crippen molar-refractivity contribution >= 4 is 17.9 Å². The molecule has 0 spiro atoms. The first-order valence-corrected chi connectivity index (χ1v) is 8.64. The molecule has 2 aromatic rings. The molecule has 134 valence electrons. The van der Waals surface area contributed by atoms with Crippen LogP contribution < -0.4 is 4.74 Å². The van der Waals surface area contributed by atoms with Crippen LogP contribution in [0.25, 0.3) is 11.6 Å². The smallest absolute Gasteiger partial charge is 0.123 e. The molecule has 0 radical (unpaired) electrons. The van der Waals surface area contributed by atoms with Gasteiger partial charge in [0, 0.05) is 12.4 Å². The number of halogens is 1. The zero-order valence-corrected chi connectivity index (χ0v) is 15.4. The highest BCUT2D eigenvalue weighted by Gasteiger charge is 1.97. The molecule has 2 rings (SSSR count). The number of aliphatic imine (C=N–C) groups is 1. The molecule has 26 heavy (non-hydrogen) atoms. The van der Waals surface area contributed by atoms with Gasteiger partial charge in [0.15, 0.2) is 0 Å². The van der Waals surface area contributed by atoms with E-state index in [0.29, 0.717) is 0 Å². The summed E-state index contributed by atoms with van der Waals surface area (Å²) in [5.74, 6) is 0.631. The Morgan fingerprint density at radius 3 is 2.35 bits per heavy atom. The van der Waals surface area contributed by atoms with E-state index in [1.165, 1.54) is 12.1 Å². The maximum Gasteiger partial charge on any atom is 0.123 e. The maximum atomic E-state index is 13.0. The summed E-state index contributed by atoms with van der Waals surface area (Å²) in [6.07, 6.45) is 11.4. The molecule has 0 unspecified atom stereocenters. The fraction of sp³-hybridized carbons (Fsp3) is 0.174. The number of benzene rings is 2. The van der Waals surface area contributed by atoms with Gasteiger partial charge in [0.05, 0.1) is 6.10 Å². The highest BCUT2D eigenvalue weighted by Crippen LogP contribution is 2.16. The Labute approximate surface area is 155 Å². The van der Waals surface area contributed by atoms with Gasteiger partial charge in [0.2, 0.25) is 0 Å². The Morgan fingerprint density at radius 2 is 1.73 bits per heavy atom. The number of ether oxygens (including phenoxy) is 1. The molecule has 2 aromatic carbocycles. The second kappa shape index (κ2) is 10.1. The number of hydrogen-bond acceptors (Lipinski definition) is 2. The van der Waals surface area contributed by atoms with Gasteiger partial charge < -0.3 is 4.74 Å². The molecule has 0 bridgehead atoms. The topological polar surface area (TPSA) is 21.6 Å². The van der Waals surface area contributed by atoms with Gasteiger partial charge in [0.25, 0.3) is 0 Å². The highest BCUT2D eigenvalue weighted by atomic mass is 19.1. The van der Waals surface area contributed by atoms with Gasteiger partial charge in [-0.05, 0) is 73.9 Å². The van der Waals surface area contributed by atoms with Gasteiger partial charge in [-0.1, -0.05) is 36.4 Å². The Morgan fingerprint density at radius 1 is 1.04 bits per heavy atom. The average molecular weight is 349 g/mol. The van der Waals surface area contributed by atoms with Gasteiger partial charge >= 0.3 is 0 Å². The minimum absolute atomic E-state index is 0.171. The summed E-state index contributed by atoms with van der Waals surface area (Å²) in [4.78, 5) is 4.24. The standard InChI is InChI=1S/C23H24FNO/c1-4-20(21-9-11-22(24)12-10-21)6-5-16-25-17-15-19-7-13-23(14-8-19)26-18(2)3/h4-18H,1-3H3/b6-5-,17-15+,20-4+,25-16+. The lowest BCUT2D eigenvalue weighted by atomic mass is 10.1. The van der Waals surface area contributed by atoms with Crippen molar-refractivity contribution in [1.29, 1.82) is 0 Å². The predicted molar refractivity (Wildman–Crippen MR) is 109 cm³/mol. The van der Waals surface area contributed by atoms with Crippen LogP contribution in [0.2, 0.25) is 0 Å². The van der Waals surface area contributed by atoms with E-state index in [1.807, 2.05) is 69.3 Å². The van der Waals surface area contributed by atoms with E-state index in [9.17, 15) is 4.39 Å². The number of nitrogens with zero attached hydrogens (tertiary/aromatic N) is 1. The van der Waals surface area contributed by atoms with Crippen molar-refractivity contribution in [1.82, 2.24) is 0 Å². The lowest BCUT2D eigenvalue weighted by molar-refractivity contribution is 0.242. The molecule has 0 atom stereocenters. The number of hydrogen-bond donors (Lipinski definition) is 0. The van der Waals surface area contributed by atoms with E-state index >= 15 is 0 Å². The summed E-state index contributed by atoms with van der Waals surface area (Å²) in [6, 6.07) is 14.3. The van der Waals surface area contributed by atoms with Crippen molar-refractivity contribution in [3.8, 4) is 5.75 Å². The van der Waals surface area contributed by atoms with Crippen molar-refractivity contribution < 1.29 is 9.13 Å². The molecule has 0 aromatic heterocycles. The molecule has 0 aliphatic rings. The second-order valence-electron chi connectivity index (χ2n) is 5.96. The van der Waals surface area contributed by atoms with Crippen LogP contribution >= 0.6 is 0 Å². The summed E-state index contributed by atoms with van der Waals surface area (Å²) >= 11 is 0. The van der Waals surface area contributed by atoms with E-state index in [2.05, 4.69) is 4.99 Å². The first-order valence-electron chi connectivity index (χ1n) is 8.64. The van der Waals surface area contributed by atoms with Crippen LogP contribution in [0.4, 0.5) is 4.39 Å². The number of allylic oxidation sites excluding steroid dienone is 4. The molecule has 0 aliphatic carbocycles. The quantitative estimate of drug-likeness (QED) is 0.424. The fourth-order valence-electron chi connectivity index (χ4n) is 2.31. The Balaban J connectivity index is 1.90. The molecular formula is C23H24FNO. The van der Waals surface area contributed by atoms with Crippen molar-refractivity contribution in [2.24, 2.45) is 4.99 Å². The Hall–Kier alpha value is -2.94. The van der Waals surface area contributed by atoms with Crippen molar-refractivity contribution in [2.45, 2.75) is 26.9 Å². The van der Waals surface area contributed by atoms with E-state index in [4.69, 9.17) is 4.74 Å². The van der Waals surface area contributed by atoms with Gasteiger partial charge in [-0.25, -0.2) is 4.39 Å². The first kappa shape index (κ1) is 19.4. The van der Waals surface area contributed by atoms with Gasteiger partial charge in [-0.15, -0.1) is 0 Å². The van der Waals surface area contributed by atoms with Crippen LogP contribution in [-0.4, -0.2) is 12.3 Å². The first-order chi connectivity index (χ1) is 12.6. The van der Waals surface area contributed by atoms with E-state index < -0.39 is 0 Å². The zero-order chi connectivity index (χ0) is 18.8. The van der Waals surface area contributed by atoms with E-state index in [0.717, 1.165) is 22.4 Å².